The van der Waals surface area contributed by atoms with Gasteiger partial charge in [-0.05, 0) is 58.4 Å². The molecule has 2 aliphatic rings. The molecule has 2 aliphatic heterocycles. The lowest BCUT2D eigenvalue weighted by Gasteiger charge is -2.42. The molecule has 2 N–H and O–H groups in total. The van der Waals surface area contributed by atoms with Gasteiger partial charge in [0.2, 0.25) is 0 Å². The third kappa shape index (κ3) is 5.14. The summed E-state index contributed by atoms with van der Waals surface area (Å²) in [7, 11) is 0. The van der Waals surface area contributed by atoms with Gasteiger partial charge in [-0.15, -0.1) is 0 Å². The number of nitriles is 1. The van der Waals surface area contributed by atoms with E-state index in [4.69, 9.17) is 10.5 Å². The molecule has 14 heteroatoms. The number of hydrogen-bond donors (Lipinski definition) is 1. The van der Waals surface area contributed by atoms with Crippen LogP contribution in [0.1, 0.15) is 50.3 Å². The number of hydrogen-bond acceptors (Lipinski definition) is 9. The van der Waals surface area contributed by atoms with Gasteiger partial charge < -0.3 is 15.4 Å². The van der Waals surface area contributed by atoms with Crippen LogP contribution in [0, 0.1) is 24.1 Å². The minimum atomic E-state index is -4.91. The monoisotopic (exact) mass is 603 g/mol. The molecule has 2 saturated heterocycles. The minimum Gasteiger partial charge on any atom is -0.444 e. The maximum absolute atomic E-state index is 16.3. The van der Waals surface area contributed by atoms with Gasteiger partial charge in [0.05, 0.1) is 34.3 Å². The maximum atomic E-state index is 16.3. The van der Waals surface area contributed by atoms with Gasteiger partial charge in [-0.25, -0.2) is 19.2 Å². The van der Waals surface area contributed by atoms with Crippen molar-refractivity contribution in [3.8, 4) is 17.3 Å². The molecule has 42 heavy (non-hydrogen) atoms. The smallest absolute Gasteiger partial charge is 0.417 e. The number of halogens is 4. The van der Waals surface area contributed by atoms with Crippen molar-refractivity contribution >= 4 is 40.3 Å². The second kappa shape index (κ2) is 10.4. The number of carbonyl (C=O) groups is 1. The summed E-state index contributed by atoms with van der Waals surface area (Å²) >= 11 is 1.15. The van der Waals surface area contributed by atoms with Crippen molar-refractivity contribution in [1.82, 2.24) is 19.9 Å². The number of pyridine rings is 1. The number of nitrogens with zero attached hydrogens (tertiary/aromatic N) is 6. The number of aromatic nitrogens is 3. The molecular formula is C28H29F4N7O2S. The normalized spacial score (nSPS) is 18.9. The Kier molecular flexibility index (Phi) is 7.37. The van der Waals surface area contributed by atoms with Gasteiger partial charge in [-0.1, -0.05) is 11.8 Å². The van der Waals surface area contributed by atoms with E-state index in [0.717, 1.165) is 30.7 Å². The Labute approximate surface area is 244 Å². The van der Waals surface area contributed by atoms with Gasteiger partial charge in [0.15, 0.2) is 11.0 Å². The second-order valence-electron chi connectivity index (χ2n) is 11.4. The lowest BCUT2D eigenvalue weighted by Crippen LogP contribution is -2.57. The highest BCUT2D eigenvalue weighted by atomic mass is 32.2. The third-order valence-corrected chi connectivity index (χ3v) is 7.95. The molecule has 0 spiro atoms. The molecule has 2 fully saturated rings. The van der Waals surface area contributed by atoms with Crippen LogP contribution >= 0.6 is 11.8 Å². The van der Waals surface area contributed by atoms with Gasteiger partial charge in [0.25, 0.3) is 0 Å². The molecule has 5 rings (SSSR count). The van der Waals surface area contributed by atoms with E-state index < -0.39 is 46.1 Å². The number of fused-ring (bicyclic) bond motifs is 3. The first kappa shape index (κ1) is 29.6. The lowest BCUT2D eigenvalue weighted by molar-refractivity contribution is -0.137. The summed E-state index contributed by atoms with van der Waals surface area (Å²) in [5, 5.41) is 10.1. The van der Waals surface area contributed by atoms with Crippen molar-refractivity contribution in [1.29, 1.82) is 5.26 Å². The summed E-state index contributed by atoms with van der Waals surface area (Å²) < 4.78 is 64.5. The number of ether oxygens (including phenoxy) is 1. The Morgan fingerprint density at radius 1 is 1.19 bits per heavy atom. The largest absolute Gasteiger partial charge is 0.444 e. The number of piperazine rings is 1. The van der Waals surface area contributed by atoms with Gasteiger partial charge in [0.1, 0.15) is 28.7 Å². The van der Waals surface area contributed by atoms with Gasteiger partial charge in [-0.3, -0.25) is 9.88 Å². The van der Waals surface area contributed by atoms with Gasteiger partial charge in [0, 0.05) is 24.8 Å². The summed E-state index contributed by atoms with van der Waals surface area (Å²) in [6.07, 6.45) is -0.865. The zero-order valence-electron chi connectivity index (χ0n) is 23.6. The van der Waals surface area contributed by atoms with Crippen molar-refractivity contribution in [3.05, 3.63) is 34.8 Å². The molecule has 1 aromatic carbocycles. The highest BCUT2D eigenvalue weighted by molar-refractivity contribution is 7.98. The Morgan fingerprint density at radius 2 is 1.83 bits per heavy atom. The molecule has 9 nitrogen and oxygen atoms in total. The quantitative estimate of drug-likeness (QED) is 0.168. The standard InChI is InChI=1S/C28H29F4N7O2S/c1-13-8-18(34)16(9-33)19(20(13)28(30,31)32)23-21(29)22-17(10-35-23)24(37-25(36-22)42-5)38-11-14-6-7-15(12-38)39(14)26(40)41-27(2,3)4/h8,10,14-15H,6-7,11-12,34H2,1-5H3/t14-,15+. The summed E-state index contributed by atoms with van der Waals surface area (Å²) in [6.45, 7) is 7.39. The first-order valence-electron chi connectivity index (χ1n) is 13.2. The van der Waals surface area contributed by atoms with E-state index in [9.17, 15) is 23.2 Å². The Hall–Kier alpha value is -3.86. The fraction of sp³-hybridized carbons (Fsp3) is 0.464. The Bertz CT molecular complexity index is 1620. The highest BCUT2D eigenvalue weighted by Crippen LogP contribution is 2.44. The molecule has 0 aliphatic carbocycles. The summed E-state index contributed by atoms with van der Waals surface area (Å²) in [5.74, 6) is -0.753. The van der Waals surface area contributed by atoms with Crippen LogP contribution in [0.25, 0.3) is 22.2 Å². The Balaban J connectivity index is 1.63. The number of alkyl halides is 3. The summed E-state index contributed by atoms with van der Waals surface area (Å²) in [5.41, 5.74) is 1.44. The molecule has 2 atom stereocenters. The number of thioether (sulfide) groups is 1. The molecule has 0 unspecified atom stereocenters. The molecule has 1 amide bonds. The summed E-state index contributed by atoms with van der Waals surface area (Å²) in [4.78, 5) is 29.6. The van der Waals surface area contributed by atoms with Gasteiger partial charge >= 0.3 is 12.3 Å². The molecular weight excluding hydrogens is 574 g/mol. The van der Waals surface area contributed by atoms with Crippen LogP contribution in [-0.2, 0) is 10.9 Å². The van der Waals surface area contributed by atoms with Crippen LogP contribution in [0.15, 0.2) is 17.4 Å². The van der Waals surface area contributed by atoms with E-state index in [2.05, 4.69) is 15.0 Å². The van der Waals surface area contributed by atoms with E-state index >= 15 is 4.39 Å². The number of benzene rings is 1. The predicted octanol–water partition coefficient (Wildman–Crippen LogP) is 5.92. The average Bonchev–Trinajstić information content (AvgIpc) is 3.16. The third-order valence-electron chi connectivity index (χ3n) is 7.40. The number of rotatable bonds is 3. The van der Waals surface area contributed by atoms with Crippen molar-refractivity contribution < 1.29 is 27.1 Å². The molecule has 222 valence electrons. The second-order valence-corrected chi connectivity index (χ2v) is 12.2. The van der Waals surface area contributed by atoms with Gasteiger partial charge in [-0.2, -0.15) is 18.4 Å². The molecule has 0 radical (unpaired) electrons. The average molecular weight is 604 g/mol. The van der Waals surface area contributed by atoms with Crippen LogP contribution in [0.5, 0.6) is 0 Å². The highest BCUT2D eigenvalue weighted by Gasteiger charge is 2.45. The number of nitrogen functional groups attached to an aromatic ring is 1. The van der Waals surface area contributed by atoms with Crippen molar-refractivity contribution in [2.75, 3.05) is 30.0 Å². The molecule has 0 saturated carbocycles. The van der Waals surface area contributed by atoms with Crippen molar-refractivity contribution in [2.24, 2.45) is 0 Å². The van der Waals surface area contributed by atoms with Crippen LogP contribution in [0.2, 0.25) is 0 Å². The summed E-state index contributed by atoms with van der Waals surface area (Å²) in [6, 6.07) is 2.40. The number of carbonyl (C=O) groups excluding carboxylic acids is 1. The molecule has 4 heterocycles. The fourth-order valence-electron chi connectivity index (χ4n) is 5.78. The molecule has 3 aromatic rings. The van der Waals surface area contributed by atoms with Crippen LogP contribution < -0.4 is 10.6 Å². The maximum Gasteiger partial charge on any atom is 0.417 e. The number of amides is 1. The number of nitrogens with two attached hydrogens (primary N) is 1. The van der Waals surface area contributed by atoms with Crippen LogP contribution in [0.3, 0.4) is 0 Å². The van der Waals surface area contributed by atoms with E-state index in [1.165, 1.54) is 13.1 Å². The first-order chi connectivity index (χ1) is 19.6. The molecule has 2 bridgehead atoms. The van der Waals surface area contributed by atoms with E-state index in [1.54, 1.807) is 38.0 Å². The predicted molar refractivity (Wildman–Crippen MR) is 150 cm³/mol. The molecule has 2 aromatic heterocycles. The van der Waals surface area contributed by atoms with E-state index in [1.807, 2.05) is 4.90 Å². The lowest BCUT2D eigenvalue weighted by atomic mass is 9.92. The number of aryl methyl sites for hydroxylation is 1. The van der Waals surface area contributed by atoms with E-state index in [-0.39, 0.29) is 39.4 Å². The van der Waals surface area contributed by atoms with Crippen LogP contribution in [-0.4, -0.2) is 63.0 Å². The zero-order valence-corrected chi connectivity index (χ0v) is 24.5. The first-order valence-corrected chi connectivity index (χ1v) is 14.4. The van der Waals surface area contributed by atoms with E-state index in [0.29, 0.717) is 18.9 Å². The number of anilines is 2. The SMILES string of the molecule is CSc1nc(N2C[C@H]3CC[C@@H](C2)N3C(=O)OC(C)(C)C)c2cnc(-c3c(C#N)c(N)cc(C)c3C(F)(F)F)c(F)c2n1. The topological polar surface area (TPSA) is 121 Å². The Morgan fingerprint density at radius 3 is 2.38 bits per heavy atom. The van der Waals surface area contributed by atoms with Crippen LogP contribution in [0.4, 0.5) is 33.9 Å². The minimum absolute atomic E-state index is 0.166. The van der Waals surface area contributed by atoms with Crippen molar-refractivity contribution in [2.45, 2.75) is 69.6 Å². The zero-order chi connectivity index (χ0) is 30.7. The fourth-order valence-corrected chi connectivity index (χ4v) is 6.14. The van der Waals surface area contributed by atoms with Crippen molar-refractivity contribution in [3.63, 3.8) is 0 Å².